The van der Waals surface area contributed by atoms with Crippen LogP contribution in [0.2, 0.25) is 5.02 Å². The second-order valence-corrected chi connectivity index (χ2v) is 7.94. The van der Waals surface area contributed by atoms with E-state index in [0.29, 0.717) is 6.04 Å². The summed E-state index contributed by atoms with van der Waals surface area (Å²) in [4.78, 5) is 7.62. The van der Waals surface area contributed by atoms with Gasteiger partial charge in [0.1, 0.15) is 0 Å². The molecule has 4 heteroatoms. The summed E-state index contributed by atoms with van der Waals surface area (Å²) < 4.78 is 0. The van der Waals surface area contributed by atoms with Crippen molar-refractivity contribution in [3.05, 3.63) is 47.5 Å². The van der Waals surface area contributed by atoms with Crippen molar-refractivity contribution in [1.29, 1.82) is 0 Å². The lowest BCUT2D eigenvalue weighted by molar-refractivity contribution is 0.190. The lowest BCUT2D eigenvalue weighted by Crippen LogP contribution is -2.44. The average molecular weight is 345 g/mol. The van der Waals surface area contributed by atoms with Gasteiger partial charge < -0.3 is 9.80 Å². The molecule has 0 bridgehead atoms. The Bertz CT molecular complexity index is 718. The molecular formula is C19H21ClN2S. The van der Waals surface area contributed by atoms with Gasteiger partial charge in [0.25, 0.3) is 0 Å². The smallest absolute Gasteiger partial charge is 0.0568 e. The van der Waals surface area contributed by atoms with Crippen LogP contribution in [0, 0.1) is 0 Å². The summed E-state index contributed by atoms with van der Waals surface area (Å²) >= 11 is 8.14. The zero-order valence-corrected chi connectivity index (χ0v) is 14.9. The van der Waals surface area contributed by atoms with Crippen molar-refractivity contribution in [2.75, 3.05) is 25.0 Å². The van der Waals surface area contributed by atoms with E-state index >= 15 is 0 Å². The van der Waals surface area contributed by atoms with Crippen LogP contribution >= 0.6 is 23.4 Å². The topological polar surface area (TPSA) is 6.48 Å². The number of hydrogen-bond acceptors (Lipinski definition) is 3. The number of hydrogen-bond donors (Lipinski definition) is 0. The Balaban J connectivity index is 1.73. The molecule has 0 saturated carbocycles. The van der Waals surface area contributed by atoms with Crippen LogP contribution in [0.5, 0.6) is 0 Å². The van der Waals surface area contributed by atoms with Gasteiger partial charge in [0.05, 0.1) is 11.4 Å². The lowest BCUT2D eigenvalue weighted by atomic mass is 10.0. The zero-order chi connectivity index (χ0) is 15.8. The molecular weight excluding hydrogens is 324 g/mol. The van der Waals surface area contributed by atoms with Crippen LogP contribution in [-0.4, -0.2) is 31.1 Å². The summed E-state index contributed by atoms with van der Waals surface area (Å²) in [7, 11) is 2.26. The maximum absolute atomic E-state index is 6.29. The second kappa shape index (κ2) is 6.39. The first-order valence-electron chi connectivity index (χ1n) is 8.26. The molecule has 0 aromatic heterocycles. The fraction of sp³-hybridized carbons (Fsp3) is 0.368. The third-order valence-corrected chi connectivity index (χ3v) is 6.27. The van der Waals surface area contributed by atoms with Gasteiger partial charge in [-0.05, 0) is 56.8 Å². The molecule has 2 aromatic carbocycles. The molecule has 0 radical (unpaired) electrons. The number of rotatable bonds is 2. The molecule has 0 N–H and O–H groups in total. The predicted molar refractivity (Wildman–Crippen MR) is 99.3 cm³/mol. The van der Waals surface area contributed by atoms with Crippen LogP contribution in [0.3, 0.4) is 0 Å². The van der Waals surface area contributed by atoms with Crippen molar-refractivity contribution in [3.63, 3.8) is 0 Å². The molecule has 2 aromatic rings. The van der Waals surface area contributed by atoms with Crippen molar-refractivity contribution >= 4 is 34.7 Å². The minimum atomic E-state index is 0.603. The molecule has 1 fully saturated rings. The number of halogens is 1. The van der Waals surface area contributed by atoms with Crippen LogP contribution in [0.1, 0.15) is 19.3 Å². The lowest BCUT2D eigenvalue weighted by Gasteiger charge is -2.40. The predicted octanol–water partition coefficient (Wildman–Crippen LogP) is 5.43. The van der Waals surface area contributed by atoms with Gasteiger partial charge in [-0.25, -0.2) is 0 Å². The summed E-state index contributed by atoms with van der Waals surface area (Å²) in [6.07, 6.45) is 3.93. The summed E-state index contributed by atoms with van der Waals surface area (Å²) in [5.41, 5.74) is 2.56. The Morgan fingerprint density at radius 3 is 2.78 bits per heavy atom. The van der Waals surface area contributed by atoms with Crippen molar-refractivity contribution in [2.45, 2.75) is 35.1 Å². The highest BCUT2D eigenvalue weighted by Crippen LogP contribution is 2.48. The molecule has 2 nitrogen and oxygen atoms in total. The maximum Gasteiger partial charge on any atom is 0.0568 e. The minimum absolute atomic E-state index is 0.603. The van der Waals surface area contributed by atoms with Crippen LogP contribution in [0.25, 0.3) is 0 Å². The summed E-state index contributed by atoms with van der Waals surface area (Å²) in [5, 5.41) is 0.811. The molecule has 23 heavy (non-hydrogen) atoms. The van der Waals surface area contributed by atoms with Gasteiger partial charge in [-0.15, -0.1) is 0 Å². The largest absolute Gasteiger partial charge is 0.338 e. The third kappa shape index (κ3) is 2.98. The van der Waals surface area contributed by atoms with Crippen LogP contribution < -0.4 is 4.90 Å². The van der Waals surface area contributed by atoms with Crippen molar-refractivity contribution < 1.29 is 0 Å². The number of benzene rings is 2. The first kappa shape index (κ1) is 15.4. The molecule has 2 aliphatic heterocycles. The number of likely N-dealkylation sites (tertiary alicyclic amines) is 1. The number of para-hydroxylation sites is 1. The Hall–Kier alpha value is -1.16. The molecule has 1 saturated heterocycles. The highest BCUT2D eigenvalue weighted by Gasteiger charge is 2.28. The highest BCUT2D eigenvalue weighted by molar-refractivity contribution is 7.99. The van der Waals surface area contributed by atoms with Gasteiger partial charge in [0.2, 0.25) is 0 Å². The van der Waals surface area contributed by atoms with Crippen LogP contribution in [-0.2, 0) is 0 Å². The fourth-order valence-electron chi connectivity index (χ4n) is 3.58. The van der Waals surface area contributed by atoms with Crippen molar-refractivity contribution in [1.82, 2.24) is 4.90 Å². The summed E-state index contributed by atoms with van der Waals surface area (Å²) in [6.45, 7) is 2.23. The standard InChI is InChI=1S/C19H21ClN2S/c1-21-11-5-4-6-15(21)13-22-16-7-2-3-8-18(16)23-19-10-9-14(20)12-17(19)22/h2-3,7-10,12,15H,4-6,11,13H2,1H3. The molecule has 1 unspecified atom stereocenters. The van der Waals surface area contributed by atoms with Crippen molar-refractivity contribution in [2.24, 2.45) is 0 Å². The number of fused-ring (bicyclic) bond motifs is 2. The summed E-state index contributed by atoms with van der Waals surface area (Å²) in [5.74, 6) is 0. The third-order valence-electron chi connectivity index (χ3n) is 4.90. The highest BCUT2D eigenvalue weighted by atomic mass is 35.5. The van der Waals surface area contributed by atoms with Gasteiger partial charge in [-0.2, -0.15) is 0 Å². The zero-order valence-electron chi connectivity index (χ0n) is 13.3. The van der Waals surface area contributed by atoms with E-state index in [4.69, 9.17) is 11.6 Å². The first-order chi connectivity index (χ1) is 11.2. The normalized spacial score (nSPS) is 21.0. The molecule has 2 heterocycles. The Kier molecular flexibility index (Phi) is 4.27. The van der Waals surface area contributed by atoms with Gasteiger partial charge in [-0.1, -0.05) is 41.9 Å². The van der Waals surface area contributed by atoms with E-state index in [1.165, 1.54) is 47.0 Å². The average Bonchev–Trinajstić information content (AvgIpc) is 2.57. The van der Waals surface area contributed by atoms with E-state index in [-0.39, 0.29) is 0 Å². The quantitative estimate of drug-likeness (QED) is 0.717. The molecule has 0 aliphatic carbocycles. The number of piperidine rings is 1. The first-order valence-corrected chi connectivity index (χ1v) is 9.46. The van der Waals surface area contributed by atoms with E-state index < -0.39 is 0 Å². The van der Waals surface area contributed by atoms with Crippen LogP contribution in [0.4, 0.5) is 11.4 Å². The number of anilines is 2. The monoisotopic (exact) mass is 344 g/mol. The van der Waals surface area contributed by atoms with Crippen molar-refractivity contribution in [3.8, 4) is 0 Å². The van der Waals surface area contributed by atoms with E-state index in [1.807, 2.05) is 17.8 Å². The van der Waals surface area contributed by atoms with Gasteiger partial charge >= 0.3 is 0 Å². The number of likely N-dealkylation sites (N-methyl/N-ethyl adjacent to an activating group) is 1. The minimum Gasteiger partial charge on any atom is -0.338 e. The molecule has 0 amide bonds. The number of nitrogens with zero attached hydrogens (tertiary/aromatic N) is 2. The SMILES string of the molecule is CN1CCCCC1CN1c2ccccc2Sc2ccc(Cl)cc21. The van der Waals surface area contributed by atoms with Crippen LogP contribution in [0.15, 0.2) is 52.3 Å². The van der Waals surface area contributed by atoms with Gasteiger partial charge in [-0.3, -0.25) is 0 Å². The molecule has 0 spiro atoms. The Morgan fingerprint density at radius 1 is 1.09 bits per heavy atom. The van der Waals surface area contributed by atoms with E-state index in [1.54, 1.807) is 0 Å². The maximum atomic E-state index is 6.29. The van der Waals surface area contributed by atoms with Gasteiger partial charge in [0, 0.05) is 27.4 Å². The van der Waals surface area contributed by atoms with E-state index in [9.17, 15) is 0 Å². The second-order valence-electron chi connectivity index (χ2n) is 6.42. The molecule has 4 rings (SSSR count). The Morgan fingerprint density at radius 2 is 1.91 bits per heavy atom. The van der Waals surface area contributed by atoms with E-state index in [0.717, 1.165) is 11.6 Å². The van der Waals surface area contributed by atoms with Gasteiger partial charge in [0.15, 0.2) is 0 Å². The van der Waals surface area contributed by atoms with E-state index in [2.05, 4.69) is 53.2 Å². The summed E-state index contributed by atoms with van der Waals surface area (Å²) in [6, 6.07) is 15.6. The molecule has 120 valence electrons. The molecule has 1 atom stereocenters. The fourth-order valence-corrected chi connectivity index (χ4v) is 4.83. The Labute approximate surface area is 147 Å². The molecule has 2 aliphatic rings.